The van der Waals surface area contributed by atoms with Crippen LogP contribution in [-0.2, 0) is 10.3 Å². The molecule has 0 saturated carbocycles. The Balaban J connectivity index is 1.62. The van der Waals surface area contributed by atoms with Gasteiger partial charge in [-0.15, -0.1) is 0 Å². The lowest BCUT2D eigenvalue weighted by atomic mass is 9.79. The van der Waals surface area contributed by atoms with Crippen LogP contribution in [0.15, 0.2) is 48.5 Å². The lowest BCUT2D eigenvalue weighted by molar-refractivity contribution is -0.112. The molecule has 2 aromatic rings. The zero-order chi connectivity index (χ0) is 20.4. The van der Waals surface area contributed by atoms with Crippen LogP contribution in [-0.4, -0.2) is 66.2 Å². The maximum absolute atomic E-state index is 13.2. The van der Waals surface area contributed by atoms with Crippen molar-refractivity contribution in [1.82, 2.24) is 9.80 Å². The van der Waals surface area contributed by atoms with Crippen molar-refractivity contribution in [1.29, 1.82) is 0 Å². The average molecular weight is 395 g/mol. The maximum Gasteiger partial charge on any atom is 0.253 e. The molecule has 0 aliphatic carbocycles. The van der Waals surface area contributed by atoms with E-state index in [2.05, 4.69) is 11.8 Å². The van der Waals surface area contributed by atoms with Crippen LogP contribution in [0.4, 0.5) is 0 Å². The maximum atomic E-state index is 13.2. The van der Waals surface area contributed by atoms with E-state index in [9.17, 15) is 9.90 Å². The second-order valence-corrected chi connectivity index (χ2v) is 8.25. The van der Waals surface area contributed by atoms with Crippen molar-refractivity contribution in [2.75, 3.05) is 39.4 Å². The Morgan fingerprint density at radius 2 is 1.76 bits per heavy atom. The van der Waals surface area contributed by atoms with Crippen molar-refractivity contribution < 1.29 is 14.6 Å². The molecular formula is C24H30N2O3. The quantitative estimate of drug-likeness (QED) is 0.870. The van der Waals surface area contributed by atoms with Crippen molar-refractivity contribution in [3.63, 3.8) is 0 Å². The second-order valence-electron chi connectivity index (χ2n) is 8.25. The molecule has 0 radical (unpaired) electrons. The van der Waals surface area contributed by atoms with Gasteiger partial charge in [0.2, 0.25) is 0 Å². The molecule has 2 aromatic carbocycles. The molecule has 2 atom stereocenters. The van der Waals surface area contributed by atoms with Gasteiger partial charge in [0.25, 0.3) is 5.91 Å². The van der Waals surface area contributed by atoms with Gasteiger partial charge in [-0.25, -0.2) is 0 Å². The smallest absolute Gasteiger partial charge is 0.253 e. The Kier molecular flexibility index (Phi) is 5.72. The highest BCUT2D eigenvalue weighted by molar-refractivity contribution is 5.94. The third kappa shape index (κ3) is 3.95. The van der Waals surface area contributed by atoms with E-state index in [-0.39, 0.29) is 11.9 Å². The van der Waals surface area contributed by atoms with Crippen LogP contribution < -0.4 is 0 Å². The number of carbonyl (C=O) groups is 1. The molecule has 2 saturated heterocycles. The van der Waals surface area contributed by atoms with E-state index in [0.29, 0.717) is 32.7 Å². The number of nitrogens with zero attached hydrogens (tertiary/aromatic N) is 2. The van der Waals surface area contributed by atoms with Gasteiger partial charge in [0.05, 0.1) is 19.3 Å². The predicted molar refractivity (Wildman–Crippen MR) is 113 cm³/mol. The number of piperidine rings is 1. The normalized spacial score (nSPS) is 25.8. The molecule has 0 unspecified atom stereocenters. The fraction of sp³-hybridized carbons (Fsp3) is 0.458. The minimum absolute atomic E-state index is 0.0430. The van der Waals surface area contributed by atoms with E-state index in [4.69, 9.17) is 4.74 Å². The molecule has 2 heterocycles. The standard InChI is InChI=1S/C24H30N2O3/c1-18-8-9-20(16-19(18)2)23(27)26-11-10-24(28,21-6-4-3-5-7-21)22(17-26)25-12-14-29-15-13-25/h3-9,16,22,28H,10-15,17H2,1-2H3/t22-,24+/m1/s1. The van der Waals surface area contributed by atoms with E-state index in [1.54, 1.807) is 0 Å². The van der Waals surface area contributed by atoms with Gasteiger partial charge < -0.3 is 14.7 Å². The molecule has 1 N–H and O–H groups in total. The van der Waals surface area contributed by atoms with Crippen molar-refractivity contribution in [3.8, 4) is 0 Å². The first-order chi connectivity index (χ1) is 14.0. The summed E-state index contributed by atoms with van der Waals surface area (Å²) < 4.78 is 5.53. The monoisotopic (exact) mass is 394 g/mol. The first-order valence-electron chi connectivity index (χ1n) is 10.5. The first-order valence-corrected chi connectivity index (χ1v) is 10.5. The predicted octanol–water partition coefficient (Wildman–Crippen LogP) is 2.74. The molecule has 154 valence electrons. The van der Waals surface area contributed by atoms with E-state index in [1.807, 2.05) is 60.4 Å². The van der Waals surface area contributed by atoms with Crippen molar-refractivity contribution in [2.24, 2.45) is 0 Å². The molecule has 5 nitrogen and oxygen atoms in total. The van der Waals surface area contributed by atoms with E-state index < -0.39 is 5.60 Å². The molecule has 29 heavy (non-hydrogen) atoms. The number of likely N-dealkylation sites (tertiary alicyclic amines) is 1. The Bertz CT molecular complexity index is 864. The van der Waals surface area contributed by atoms with Crippen LogP contribution in [0.1, 0.15) is 33.5 Å². The van der Waals surface area contributed by atoms with Crippen LogP contribution in [0, 0.1) is 13.8 Å². The van der Waals surface area contributed by atoms with Crippen molar-refractivity contribution in [2.45, 2.75) is 31.9 Å². The molecule has 2 aliphatic heterocycles. The SMILES string of the molecule is Cc1ccc(C(=O)N2CC[C@](O)(c3ccccc3)[C@H](N3CCOCC3)C2)cc1C. The van der Waals surface area contributed by atoms with Crippen LogP contribution in [0.2, 0.25) is 0 Å². The zero-order valence-electron chi connectivity index (χ0n) is 17.3. The number of hydrogen-bond donors (Lipinski definition) is 1. The lowest BCUT2D eigenvalue weighted by Crippen LogP contribution is -2.63. The molecular weight excluding hydrogens is 364 g/mol. The Hall–Kier alpha value is -2.21. The summed E-state index contributed by atoms with van der Waals surface area (Å²) in [4.78, 5) is 17.4. The van der Waals surface area contributed by atoms with Crippen molar-refractivity contribution in [3.05, 3.63) is 70.8 Å². The van der Waals surface area contributed by atoms with Gasteiger partial charge in [-0.1, -0.05) is 36.4 Å². The van der Waals surface area contributed by atoms with Crippen LogP contribution in [0.25, 0.3) is 0 Å². The lowest BCUT2D eigenvalue weighted by Gasteiger charge is -2.50. The number of hydrogen-bond acceptors (Lipinski definition) is 4. The summed E-state index contributed by atoms with van der Waals surface area (Å²) in [5.41, 5.74) is 2.98. The Labute approximate surface area is 172 Å². The second kappa shape index (κ2) is 8.27. The minimum Gasteiger partial charge on any atom is -0.383 e. The number of aryl methyl sites for hydroxylation is 2. The van der Waals surface area contributed by atoms with Gasteiger partial charge >= 0.3 is 0 Å². The zero-order valence-corrected chi connectivity index (χ0v) is 17.3. The average Bonchev–Trinajstić information content (AvgIpc) is 2.77. The number of aliphatic hydroxyl groups is 1. The van der Waals surface area contributed by atoms with Gasteiger partial charge in [-0.05, 0) is 49.1 Å². The number of benzene rings is 2. The molecule has 4 rings (SSSR count). The highest BCUT2D eigenvalue weighted by Gasteiger charge is 2.47. The summed E-state index contributed by atoms with van der Waals surface area (Å²) in [6.07, 6.45) is 0.523. The summed E-state index contributed by atoms with van der Waals surface area (Å²) >= 11 is 0. The van der Waals surface area contributed by atoms with E-state index >= 15 is 0 Å². The number of ether oxygens (including phenoxy) is 1. The first kappa shape index (κ1) is 20.1. The topological polar surface area (TPSA) is 53.0 Å². The molecule has 0 spiro atoms. The van der Waals surface area contributed by atoms with Gasteiger partial charge in [0, 0.05) is 31.7 Å². The van der Waals surface area contributed by atoms with Gasteiger partial charge in [0.1, 0.15) is 5.60 Å². The highest BCUT2D eigenvalue weighted by atomic mass is 16.5. The molecule has 2 aliphatic rings. The summed E-state index contributed by atoms with van der Waals surface area (Å²) in [6.45, 7) is 8.00. The summed E-state index contributed by atoms with van der Waals surface area (Å²) in [7, 11) is 0. The fourth-order valence-electron chi connectivity index (χ4n) is 4.53. The number of carbonyl (C=O) groups excluding carboxylic acids is 1. The number of morpholine rings is 1. The third-order valence-corrected chi connectivity index (χ3v) is 6.51. The van der Waals surface area contributed by atoms with Crippen LogP contribution in [0.5, 0.6) is 0 Å². The third-order valence-electron chi connectivity index (χ3n) is 6.51. The van der Waals surface area contributed by atoms with Crippen molar-refractivity contribution >= 4 is 5.91 Å². The largest absolute Gasteiger partial charge is 0.383 e. The summed E-state index contributed by atoms with van der Waals surface area (Å²) in [6, 6.07) is 15.6. The minimum atomic E-state index is -0.974. The number of rotatable bonds is 3. The molecule has 0 bridgehead atoms. The van der Waals surface area contributed by atoms with E-state index in [1.165, 1.54) is 5.56 Å². The van der Waals surface area contributed by atoms with Gasteiger partial charge in [-0.2, -0.15) is 0 Å². The molecule has 1 amide bonds. The fourth-order valence-corrected chi connectivity index (χ4v) is 4.53. The van der Waals surface area contributed by atoms with Crippen LogP contribution >= 0.6 is 0 Å². The van der Waals surface area contributed by atoms with Gasteiger partial charge in [0.15, 0.2) is 0 Å². The van der Waals surface area contributed by atoms with E-state index in [0.717, 1.165) is 29.8 Å². The summed E-state index contributed by atoms with van der Waals surface area (Å²) in [5.74, 6) is 0.0430. The summed E-state index contributed by atoms with van der Waals surface area (Å²) in [5, 5.41) is 11.8. The Morgan fingerprint density at radius 3 is 2.45 bits per heavy atom. The molecule has 5 heteroatoms. The Morgan fingerprint density at radius 1 is 1.03 bits per heavy atom. The molecule has 0 aromatic heterocycles. The molecule has 2 fully saturated rings. The van der Waals surface area contributed by atoms with Gasteiger partial charge in [-0.3, -0.25) is 9.69 Å². The highest BCUT2D eigenvalue weighted by Crippen LogP contribution is 2.36. The van der Waals surface area contributed by atoms with Crippen LogP contribution in [0.3, 0.4) is 0 Å². The number of amides is 1.